The van der Waals surface area contributed by atoms with Gasteiger partial charge >= 0.3 is 0 Å². The second-order valence-corrected chi connectivity index (χ2v) is 5.94. The largest absolute Gasteiger partial charge is 0.489 e. The minimum atomic E-state index is 0.333. The molecule has 2 aromatic carbocycles. The number of rotatable bonds is 5. The Hall–Kier alpha value is -2.66. The van der Waals surface area contributed by atoms with Crippen molar-refractivity contribution in [3.05, 3.63) is 66.1 Å². The summed E-state index contributed by atoms with van der Waals surface area (Å²) in [5.41, 5.74) is 2.08. The maximum atomic E-state index is 5.80. The van der Waals surface area contributed by atoms with E-state index in [9.17, 15) is 0 Å². The molecule has 0 amide bonds. The van der Waals surface area contributed by atoms with Gasteiger partial charge in [-0.1, -0.05) is 35.5 Å². The Morgan fingerprint density at radius 2 is 1.92 bits per heavy atom. The van der Waals surface area contributed by atoms with E-state index in [1.165, 1.54) is 0 Å². The molecular formula is C19H19N3O2. The van der Waals surface area contributed by atoms with Crippen molar-refractivity contribution < 1.29 is 9.26 Å². The predicted molar refractivity (Wildman–Crippen MR) is 90.7 cm³/mol. The topological polar surface area (TPSA) is 60.2 Å². The second kappa shape index (κ2) is 6.84. The maximum absolute atomic E-state index is 5.80. The third kappa shape index (κ3) is 3.31. The van der Waals surface area contributed by atoms with Crippen molar-refractivity contribution in [1.82, 2.24) is 15.5 Å². The first kappa shape index (κ1) is 14.9. The van der Waals surface area contributed by atoms with Crippen LogP contribution in [0.15, 0.2) is 59.1 Å². The third-order valence-electron chi connectivity index (χ3n) is 4.21. The van der Waals surface area contributed by atoms with Crippen LogP contribution in [0.3, 0.4) is 0 Å². The molecule has 2 heterocycles. The van der Waals surface area contributed by atoms with E-state index >= 15 is 0 Å². The Kier molecular flexibility index (Phi) is 4.25. The normalized spacial score (nSPS) is 17.1. The van der Waals surface area contributed by atoms with E-state index in [4.69, 9.17) is 9.26 Å². The first-order valence-electron chi connectivity index (χ1n) is 8.20. The van der Waals surface area contributed by atoms with Crippen LogP contribution in [0.5, 0.6) is 5.75 Å². The summed E-state index contributed by atoms with van der Waals surface area (Å²) in [7, 11) is 0. The highest BCUT2D eigenvalue weighted by molar-refractivity contribution is 5.55. The zero-order valence-corrected chi connectivity index (χ0v) is 13.3. The van der Waals surface area contributed by atoms with Gasteiger partial charge in [0.25, 0.3) is 0 Å². The van der Waals surface area contributed by atoms with Gasteiger partial charge in [0, 0.05) is 12.1 Å². The summed E-state index contributed by atoms with van der Waals surface area (Å²) in [6.45, 7) is 2.48. The Balaban J connectivity index is 1.42. The van der Waals surface area contributed by atoms with E-state index in [1.807, 2.05) is 54.6 Å². The molecule has 0 unspecified atom stereocenters. The van der Waals surface area contributed by atoms with Gasteiger partial charge < -0.3 is 14.6 Å². The molecule has 1 N–H and O–H groups in total. The highest BCUT2D eigenvalue weighted by atomic mass is 16.5. The molecule has 122 valence electrons. The fourth-order valence-electron chi connectivity index (χ4n) is 2.82. The summed E-state index contributed by atoms with van der Waals surface area (Å²) in [5, 5.41) is 7.41. The Labute approximate surface area is 140 Å². The SMILES string of the molecule is c1ccc(COc2ccc(-c3noc([C@H]4CCNC4)n3)cc2)cc1. The van der Waals surface area contributed by atoms with Crippen molar-refractivity contribution in [2.24, 2.45) is 0 Å². The lowest BCUT2D eigenvalue weighted by Gasteiger charge is -2.06. The average molecular weight is 321 g/mol. The molecule has 1 saturated heterocycles. The van der Waals surface area contributed by atoms with E-state index in [1.54, 1.807) is 0 Å². The lowest BCUT2D eigenvalue weighted by molar-refractivity contribution is 0.306. The molecule has 0 bridgehead atoms. The molecule has 0 spiro atoms. The number of nitrogens with one attached hydrogen (secondary N) is 1. The van der Waals surface area contributed by atoms with Gasteiger partial charge in [-0.25, -0.2) is 0 Å². The lowest BCUT2D eigenvalue weighted by atomic mass is 10.1. The zero-order valence-electron chi connectivity index (χ0n) is 13.3. The number of hydrogen-bond acceptors (Lipinski definition) is 5. The van der Waals surface area contributed by atoms with E-state index < -0.39 is 0 Å². The van der Waals surface area contributed by atoms with Crippen molar-refractivity contribution in [3.63, 3.8) is 0 Å². The molecule has 24 heavy (non-hydrogen) atoms. The number of ether oxygens (including phenoxy) is 1. The van der Waals surface area contributed by atoms with Crippen LogP contribution in [-0.2, 0) is 6.61 Å². The van der Waals surface area contributed by atoms with Crippen LogP contribution in [-0.4, -0.2) is 23.2 Å². The van der Waals surface area contributed by atoms with Crippen molar-refractivity contribution in [2.45, 2.75) is 18.9 Å². The summed E-state index contributed by atoms with van der Waals surface area (Å²) in [5.74, 6) is 2.51. The van der Waals surface area contributed by atoms with Gasteiger partial charge in [0.1, 0.15) is 12.4 Å². The number of nitrogens with zero attached hydrogens (tertiary/aromatic N) is 2. The number of hydrogen-bond donors (Lipinski definition) is 1. The molecule has 5 nitrogen and oxygen atoms in total. The molecule has 1 aliphatic rings. The molecule has 0 radical (unpaired) electrons. The van der Waals surface area contributed by atoms with Gasteiger partial charge in [0.05, 0.1) is 5.92 Å². The molecule has 1 atom stereocenters. The van der Waals surface area contributed by atoms with Gasteiger partial charge in [0.2, 0.25) is 11.7 Å². The Morgan fingerprint density at radius 3 is 2.67 bits per heavy atom. The summed E-state index contributed by atoms with van der Waals surface area (Å²) < 4.78 is 11.2. The minimum Gasteiger partial charge on any atom is -0.489 e. The van der Waals surface area contributed by atoms with Crippen LogP contribution in [0.1, 0.15) is 23.8 Å². The minimum absolute atomic E-state index is 0.333. The van der Waals surface area contributed by atoms with Gasteiger partial charge in [-0.15, -0.1) is 0 Å². The van der Waals surface area contributed by atoms with Crippen LogP contribution in [0.2, 0.25) is 0 Å². The van der Waals surface area contributed by atoms with Crippen molar-refractivity contribution >= 4 is 0 Å². The van der Waals surface area contributed by atoms with E-state index in [2.05, 4.69) is 15.5 Å². The molecule has 0 aliphatic carbocycles. The van der Waals surface area contributed by atoms with E-state index in [0.29, 0.717) is 18.3 Å². The van der Waals surface area contributed by atoms with Crippen molar-refractivity contribution in [3.8, 4) is 17.1 Å². The second-order valence-electron chi connectivity index (χ2n) is 5.94. The predicted octanol–water partition coefficient (Wildman–Crippen LogP) is 3.39. The first-order valence-corrected chi connectivity index (χ1v) is 8.20. The summed E-state index contributed by atoms with van der Waals surface area (Å²) in [4.78, 5) is 4.53. The molecule has 0 saturated carbocycles. The molecule has 1 aliphatic heterocycles. The highest BCUT2D eigenvalue weighted by Gasteiger charge is 2.22. The molecule has 3 aromatic rings. The monoisotopic (exact) mass is 321 g/mol. The van der Waals surface area contributed by atoms with Crippen molar-refractivity contribution in [2.75, 3.05) is 13.1 Å². The van der Waals surface area contributed by atoms with Crippen LogP contribution >= 0.6 is 0 Å². The number of aromatic nitrogens is 2. The summed E-state index contributed by atoms with van der Waals surface area (Å²) in [6.07, 6.45) is 1.05. The van der Waals surface area contributed by atoms with Crippen LogP contribution in [0, 0.1) is 0 Å². The van der Waals surface area contributed by atoms with E-state index in [-0.39, 0.29) is 0 Å². The summed E-state index contributed by atoms with van der Waals surface area (Å²) >= 11 is 0. The van der Waals surface area contributed by atoms with Crippen molar-refractivity contribution in [1.29, 1.82) is 0 Å². The molecule has 5 heteroatoms. The van der Waals surface area contributed by atoms with Gasteiger partial charge in [0.15, 0.2) is 0 Å². The number of benzene rings is 2. The average Bonchev–Trinajstić information content (AvgIpc) is 3.33. The quantitative estimate of drug-likeness (QED) is 0.780. The highest BCUT2D eigenvalue weighted by Crippen LogP contribution is 2.25. The Morgan fingerprint density at radius 1 is 1.08 bits per heavy atom. The smallest absolute Gasteiger partial charge is 0.231 e. The zero-order chi connectivity index (χ0) is 16.2. The van der Waals surface area contributed by atoms with Gasteiger partial charge in [-0.3, -0.25) is 0 Å². The molecule has 1 fully saturated rings. The van der Waals surface area contributed by atoms with Crippen LogP contribution < -0.4 is 10.1 Å². The standard InChI is InChI=1S/C19H19N3O2/c1-2-4-14(5-3-1)13-23-17-8-6-15(7-9-17)18-21-19(24-22-18)16-10-11-20-12-16/h1-9,16,20H,10-13H2/t16-/m0/s1. The van der Waals surface area contributed by atoms with Crippen LogP contribution in [0.25, 0.3) is 11.4 Å². The maximum Gasteiger partial charge on any atom is 0.231 e. The molecular weight excluding hydrogens is 302 g/mol. The van der Waals surface area contributed by atoms with Gasteiger partial charge in [-0.2, -0.15) is 4.98 Å². The summed E-state index contributed by atoms with van der Waals surface area (Å²) in [6, 6.07) is 17.9. The lowest BCUT2D eigenvalue weighted by Crippen LogP contribution is -2.08. The third-order valence-corrected chi connectivity index (χ3v) is 4.21. The van der Waals surface area contributed by atoms with Gasteiger partial charge in [-0.05, 0) is 42.8 Å². The van der Waals surface area contributed by atoms with Crippen LogP contribution in [0.4, 0.5) is 0 Å². The van der Waals surface area contributed by atoms with E-state index in [0.717, 1.165) is 42.3 Å². The molecule has 1 aromatic heterocycles. The molecule has 4 rings (SSSR count). The Bertz CT molecular complexity index is 778. The fraction of sp³-hybridized carbons (Fsp3) is 0.263. The fourth-order valence-corrected chi connectivity index (χ4v) is 2.82. The first-order chi connectivity index (χ1) is 11.9.